The molecule has 0 heterocycles. The van der Waals surface area contributed by atoms with E-state index in [0.29, 0.717) is 19.8 Å². The van der Waals surface area contributed by atoms with Gasteiger partial charge in [-0.25, -0.2) is 0 Å². The molecule has 0 unspecified atom stereocenters. The van der Waals surface area contributed by atoms with Crippen molar-refractivity contribution in [2.24, 2.45) is 0 Å². The molecule has 0 aliphatic carbocycles. The summed E-state index contributed by atoms with van der Waals surface area (Å²) in [4.78, 5) is 0. The molecule has 0 radical (unpaired) electrons. The van der Waals surface area contributed by atoms with Crippen LogP contribution in [0.5, 0.6) is 0 Å². The molecule has 0 aromatic heterocycles. The first-order chi connectivity index (χ1) is 9.41. The van der Waals surface area contributed by atoms with Crippen LogP contribution >= 0.6 is 0 Å². The molecule has 118 valence electrons. The van der Waals surface area contributed by atoms with E-state index in [2.05, 4.69) is 6.92 Å². The molecule has 0 bridgehead atoms. The summed E-state index contributed by atoms with van der Waals surface area (Å²) in [6.45, 7) is 4.87. The van der Waals surface area contributed by atoms with Crippen molar-refractivity contribution in [2.45, 2.75) is 71.1 Å². The first-order valence-corrected chi connectivity index (χ1v) is 8.18. The average Bonchev–Trinajstić information content (AvgIpc) is 2.43. The van der Waals surface area contributed by atoms with Crippen LogP contribution in [0.4, 0.5) is 0 Å². The number of ether oxygens (including phenoxy) is 2. The Morgan fingerprint density at radius 2 is 1.05 bits per heavy atom. The molecule has 0 aromatic rings. The molecule has 4 heteroatoms. The fraction of sp³-hybridized carbons (Fsp3) is 1.00. The predicted octanol–water partition coefficient (Wildman–Crippen LogP) is 3.28. The van der Waals surface area contributed by atoms with E-state index in [9.17, 15) is 0 Å². The normalized spacial score (nSPS) is 10.5. The van der Waals surface area contributed by atoms with Crippen molar-refractivity contribution in [3.8, 4) is 0 Å². The molecule has 0 atom stereocenters. The minimum atomic E-state index is 0. The molecule has 0 spiro atoms. The molecule has 0 aromatic carbocycles. The van der Waals surface area contributed by atoms with E-state index in [1.807, 2.05) is 0 Å². The van der Waals surface area contributed by atoms with Crippen LogP contribution in [0.2, 0.25) is 0 Å². The Hall–Kier alpha value is 0.880. The third kappa shape index (κ3) is 21.2. The van der Waals surface area contributed by atoms with Crippen LogP contribution < -0.4 is 0 Å². The van der Waals surface area contributed by atoms with Crippen LogP contribution in [0.3, 0.4) is 0 Å². The quantitative estimate of drug-likeness (QED) is 0.351. The van der Waals surface area contributed by atoms with Crippen molar-refractivity contribution >= 4 is 29.6 Å². The topological polar surface area (TPSA) is 38.7 Å². The van der Waals surface area contributed by atoms with E-state index in [1.54, 1.807) is 0 Å². The van der Waals surface area contributed by atoms with Gasteiger partial charge < -0.3 is 14.6 Å². The van der Waals surface area contributed by atoms with Crippen LogP contribution in [-0.2, 0) is 9.47 Å². The van der Waals surface area contributed by atoms with Gasteiger partial charge in [-0.15, -0.1) is 0 Å². The zero-order valence-electron chi connectivity index (χ0n) is 12.9. The van der Waals surface area contributed by atoms with Gasteiger partial charge in [0, 0.05) is 6.61 Å². The first kappa shape index (κ1) is 23.2. The number of hydrogen-bond donors (Lipinski definition) is 1. The Kier molecular flexibility index (Phi) is 25.7. The van der Waals surface area contributed by atoms with E-state index in [1.165, 1.54) is 57.8 Å². The van der Waals surface area contributed by atoms with Gasteiger partial charge in [0.05, 0.1) is 26.4 Å². The van der Waals surface area contributed by atoms with Crippen molar-refractivity contribution in [1.82, 2.24) is 0 Å². The number of unbranched alkanes of at least 4 members (excludes halogenated alkanes) is 9. The molecular weight excluding hydrogens is 263 g/mol. The molecule has 0 rings (SSSR count). The van der Waals surface area contributed by atoms with Gasteiger partial charge in [0.2, 0.25) is 0 Å². The first-order valence-electron chi connectivity index (χ1n) is 8.18. The molecule has 0 saturated heterocycles. The molecule has 20 heavy (non-hydrogen) atoms. The number of aliphatic hydroxyl groups is 1. The van der Waals surface area contributed by atoms with Gasteiger partial charge in [0.15, 0.2) is 0 Å². The molecular formula is C16H35NaO3. The molecule has 0 saturated carbocycles. The summed E-state index contributed by atoms with van der Waals surface area (Å²) >= 11 is 0. The average molecular weight is 298 g/mol. The monoisotopic (exact) mass is 298 g/mol. The van der Waals surface area contributed by atoms with Gasteiger partial charge in [-0.3, -0.25) is 0 Å². The van der Waals surface area contributed by atoms with E-state index < -0.39 is 0 Å². The molecule has 0 fully saturated rings. The molecule has 0 amide bonds. The molecule has 3 nitrogen and oxygen atoms in total. The van der Waals surface area contributed by atoms with Crippen LogP contribution in [0.25, 0.3) is 0 Å². The third-order valence-electron chi connectivity index (χ3n) is 3.25. The maximum atomic E-state index is 8.50. The molecule has 0 aliphatic heterocycles. The summed E-state index contributed by atoms with van der Waals surface area (Å²) < 4.78 is 10.6. The Morgan fingerprint density at radius 1 is 0.600 bits per heavy atom. The molecule has 1 N–H and O–H groups in total. The Balaban J connectivity index is 0. The second-order valence-corrected chi connectivity index (χ2v) is 5.13. The van der Waals surface area contributed by atoms with Gasteiger partial charge in [-0.05, 0) is 6.42 Å². The summed E-state index contributed by atoms with van der Waals surface area (Å²) in [6, 6.07) is 0. The summed E-state index contributed by atoms with van der Waals surface area (Å²) in [5.41, 5.74) is 0. The van der Waals surface area contributed by atoms with E-state index in [0.717, 1.165) is 13.0 Å². The fourth-order valence-electron chi connectivity index (χ4n) is 2.08. The van der Waals surface area contributed by atoms with Gasteiger partial charge in [-0.1, -0.05) is 64.7 Å². The zero-order valence-corrected chi connectivity index (χ0v) is 12.9. The summed E-state index contributed by atoms with van der Waals surface area (Å²) in [5, 5.41) is 8.50. The Labute approximate surface area is 148 Å². The van der Waals surface area contributed by atoms with Gasteiger partial charge in [0.1, 0.15) is 0 Å². The van der Waals surface area contributed by atoms with Crippen LogP contribution in [0.1, 0.15) is 71.1 Å². The second kappa shape index (κ2) is 22.2. The fourth-order valence-corrected chi connectivity index (χ4v) is 2.08. The zero-order chi connectivity index (χ0) is 14.0. The van der Waals surface area contributed by atoms with Crippen LogP contribution in [-0.4, -0.2) is 67.7 Å². The predicted molar refractivity (Wildman–Crippen MR) is 87.7 cm³/mol. The Morgan fingerprint density at radius 3 is 1.55 bits per heavy atom. The summed E-state index contributed by atoms with van der Waals surface area (Å²) in [6.07, 6.45) is 13.6. The second-order valence-electron chi connectivity index (χ2n) is 5.13. The summed E-state index contributed by atoms with van der Waals surface area (Å²) in [5.74, 6) is 0. The van der Waals surface area contributed by atoms with Crippen molar-refractivity contribution in [1.29, 1.82) is 0 Å². The van der Waals surface area contributed by atoms with Crippen molar-refractivity contribution in [3.63, 3.8) is 0 Å². The van der Waals surface area contributed by atoms with E-state index in [4.69, 9.17) is 14.6 Å². The Bertz CT molecular complexity index is 141. The van der Waals surface area contributed by atoms with Gasteiger partial charge in [0.25, 0.3) is 0 Å². The van der Waals surface area contributed by atoms with Crippen LogP contribution in [0, 0.1) is 0 Å². The molecule has 0 aliphatic rings. The third-order valence-corrected chi connectivity index (χ3v) is 3.25. The SMILES string of the molecule is CCCCCCCCCCCCOCCOCCO.[NaH]. The number of rotatable bonds is 16. The summed E-state index contributed by atoms with van der Waals surface area (Å²) in [7, 11) is 0. The van der Waals surface area contributed by atoms with Crippen LogP contribution in [0.15, 0.2) is 0 Å². The van der Waals surface area contributed by atoms with Crippen molar-refractivity contribution < 1.29 is 14.6 Å². The van der Waals surface area contributed by atoms with E-state index >= 15 is 0 Å². The van der Waals surface area contributed by atoms with E-state index in [-0.39, 0.29) is 36.2 Å². The number of aliphatic hydroxyl groups excluding tert-OH is 1. The van der Waals surface area contributed by atoms with Gasteiger partial charge in [-0.2, -0.15) is 0 Å². The standard InChI is InChI=1S/C16H34O3.Na.H/c1-2-3-4-5-6-7-8-9-10-11-13-18-15-16-19-14-12-17;;/h17H,2-16H2,1H3;;. The van der Waals surface area contributed by atoms with Crippen molar-refractivity contribution in [3.05, 3.63) is 0 Å². The maximum absolute atomic E-state index is 8.50. The number of hydrogen-bond acceptors (Lipinski definition) is 3. The minimum absolute atomic E-state index is 0. The van der Waals surface area contributed by atoms with Crippen molar-refractivity contribution in [2.75, 3.05) is 33.0 Å². The van der Waals surface area contributed by atoms with Gasteiger partial charge >= 0.3 is 29.6 Å².